The van der Waals surface area contributed by atoms with Crippen molar-refractivity contribution in [2.75, 3.05) is 27.3 Å². The fourth-order valence-corrected chi connectivity index (χ4v) is 3.34. The number of hydrogen-bond donors (Lipinski definition) is 1. The van der Waals surface area contributed by atoms with Crippen LogP contribution in [0.1, 0.15) is 47.0 Å². The Hall–Kier alpha value is -0.650. The fraction of sp³-hybridized carbons (Fsp3) is 0.938. The van der Waals surface area contributed by atoms with Gasteiger partial charge in [-0.15, -0.1) is 0 Å². The molecule has 1 rings (SSSR count). The van der Waals surface area contributed by atoms with Crippen molar-refractivity contribution in [1.29, 1.82) is 0 Å². The smallest absolute Gasteiger partial charge is 0.325 e. The summed E-state index contributed by atoms with van der Waals surface area (Å²) in [4.78, 5) is 14.6. The second kappa shape index (κ2) is 8.11. The summed E-state index contributed by atoms with van der Waals surface area (Å²) in [6.07, 6.45) is 3.25. The van der Waals surface area contributed by atoms with Gasteiger partial charge >= 0.3 is 5.97 Å². The van der Waals surface area contributed by atoms with E-state index >= 15 is 0 Å². The molecule has 0 aromatic rings. The molecule has 124 valence electrons. The van der Waals surface area contributed by atoms with E-state index in [1.807, 2.05) is 6.92 Å². The molecule has 5 nitrogen and oxygen atoms in total. The fourth-order valence-electron chi connectivity index (χ4n) is 3.34. The van der Waals surface area contributed by atoms with E-state index in [4.69, 9.17) is 9.47 Å². The van der Waals surface area contributed by atoms with Crippen molar-refractivity contribution >= 4 is 5.97 Å². The minimum atomic E-state index is -0.638. The Bertz CT molecular complexity index is 327. The molecule has 5 heteroatoms. The maximum Gasteiger partial charge on any atom is 0.325 e. The lowest BCUT2D eigenvalue weighted by molar-refractivity contribution is -0.149. The number of nitrogens with one attached hydrogen (secondary N) is 1. The maximum absolute atomic E-state index is 12.2. The molecule has 1 heterocycles. The molecule has 0 aromatic carbocycles. The molecule has 1 N–H and O–H groups in total. The van der Waals surface area contributed by atoms with Gasteiger partial charge in [-0.25, -0.2) is 0 Å². The van der Waals surface area contributed by atoms with E-state index in [1.165, 1.54) is 7.11 Å². The third kappa shape index (κ3) is 5.24. The largest absolute Gasteiger partial charge is 0.468 e. The van der Waals surface area contributed by atoms with Crippen LogP contribution in [0, 0.1) is 0 Å². The standard InChI is InChI=1S/C16H32N2O3/c1-12(2)17-16(4,15(19)21-6)11-13(3)18-9-7-14(20-5)8-10-18/h12-14,17H,7-11H2,1-6H3. The van der Waals surface area contributed by atoms with Gasteiger partial charge in [-0.2, -0.15) is 0 Å². The van der Waals surface area contributed by atoms with Crippen LogP contribution in [0.5, 0.6) is 0 Å². The Kier molecular flexibility index (Phi) is 7.10. The zero-order chi connectivity index (χ0) is 16.0. The molecule has 1 aliphatic heterocycles. The molecule has 21 heavy (non-hydrogen) atoms. The third-order valence-corrected chi connectivity index (χ3v) is 4.38. The van der Waals surface area contributed by atoms with Crippen LogP contribution in [0.25, 0.3) is 0 Å². The molecule has 0 spiro atoms. The average molecular weight is 300 g/mol. The van der Waals surface area contributed by atoms with Gasteiger partial charge in [0.2, 0.25) is 0 Å². The van der Waals surface area contributed by atoms with Crippen molar-refractivity contribution in [3.05, 3.63) is 0 Å². The zero-order valence-corrected chi connectivity index (χ0v) is 14.4. The van der Waals surface area contributed by atoms with Crippen LogP contribution in [0.4, 0.5) is 0 Å². The lowest BCUT2D eigenvalue weighted by atomic mass is 9.91. The molecule has 2 unspecified atom stereocenters. The van der Waals surface area contributed by atoms with E-state index in [0.29, 0.717) is 12.1 Å². The van der Waals surface area contributed by atoms with Crippen molar-refractivity contribution in [2.24, 2.45) is 0 Å². The molecule has 0 aromatic heterocycles. The number of piperidine rings is 1. The van der Waals surface area contributed by atoms with E-state index in [2.05, 4.69) is 31.0 Å². The first kappa shape index (κ1) is 18.4. The first-order valence-electron chi connectivity index (χ1n) is 7.95. The van der Waals surface area contributed by atoms with Crippen molar-refractivity contribution < 1.29 is 14.3 Å². The van der Waals surface area contributed by atoms with Gasteiger partial charge in [0.1, 0.15) is 5.54 Å². The molecule has 1 fully saturated rings. The summed E-state index contributed by atoms with van der Waals surface area (Å²) in [6.45, 7) is 10.3. The summed E-state index contributed by atoms with van der Waals surface area (Å²) in [5, 5.41) is 3.37. The Morgan fingerprint density at radius 2 is 1.86 bits per heavy atom. The highest BCUT2D eigenvalue weighted by Gasteiger charge is 2.38. The van der Waals surface area contributed by atoms with Gasteiger partial charge in [0.25, 0.3) is 0 Å². The number of rotatable bonds is 7. The zero-order valence-electron chi connectivity index (χ0n) is 14.4. The van der Waals surface area contributed by atoms with E-state index in [9.17, 15) is 4.79 Å². The highest BCUT2D eigenvalue weighted by Crippen LogP contribution is 2.22. The normalized spacial score (nSPS) is 22.0. The predicted octanol–water partition coefficient (Wildman–Crippen LogP) is 1.81. The van der Waals surface area contributed by atoms with Crippen LogP contribution >= 0.6 is 0 Å². The third-order valence-electron chi connectivity index (χ3n) is 4.38. The van der Waals surface area contributed by atoms with Crippen LogP contribution in [0.15, 0.2) is 0 Å². The van der Waals surface area contributed by atoms with Gasteiger partial charge in [-0.05, 0) is 47.0 Å². The number of esters is 1. The molecule has 0 amide bonds. The summed E-state index contributed by atoms with van der Waals surface area (Å²) in [6, 6.07) is 0.568. The van der Waals surface area contributed by atoms with Crippen LogP contribution in [-0.4, -0.2) is 61.9 Å². The number of likely N-dealkylation sites (tertiary alicyclic amines) is 1. The van der Waals surface area contributed by atoms with Crippen molar-refractivity contribution in [3.63, 3.8) is 0 Å². The Labute approximate surface area is 129 Å². The molecule has 1 aliphatic rings. The summed E-state index contributed by atoms with van der Waals surface area (Å²) < 4.78 is 10.4. The van der Waals surface area contributed by atoms with Crippen molar-refractivity contribution in [2.45, 2.75) is 70.7 Å². The van der Waals surface area contributed by atoms with Crippen LogP contribution in [-0.2, 0) is 14.3 Å². The van der Waals surface area contributed by atoms with Crippen LogP contribution in [0.3, 0.4) is 0 Å². The van der Waals surface area contributed by atoms with Gasteiger partial charge in [-0.1, -0.05) is 0 Å². The molecule has 0 saturated carbocycles. The minimum absolute atomic E-state index is 0.185. The average Bonchev–Trinajstić information content (AvgIpc) is 2.45. The number of hydrogen-bond acceptors (Lipinski definition) is 5. The van der Waals surface area contributed by atoms with E-state index in [-0.39, 0.29) is 12.0 Å². The second-order valence-electron chi connectivity index (χ2n) is 6.65. The summed E-state index contributed by atoms with van der Waals surface area (Å²) in [5.41, 5.74) is -0.638. The van der Waals surface area contributed by atoms with E-state index < -0.39 is 5.54 Å². The molecule has 0 radical (unpaired) electrons. The van der Waals surface area contributed by atoms with Crippen molar-refractivity contribution in [1.82, 2.24) is 10.2 Å². The molecule has 0 aliphatic carbocycles. The van der Waals surface area contributed by atoms with Gasteiger partial charge in [-0.3, -0.25) is 10.1 Å². The predicted molar refractivity (Wildman–Crippen MR) is 84.4 cm³/mol. The quantitative estimate of drug-likeness (QED) is 0.727. The highest BCUT2D eigenvalue weighted by molar-refractivity contribution is 5.80. The molecular formula is C16H32N2O3. The lowest BCUT2D eigenvalue weighted by Crippen LogP contribution is -2.56. The van der Waals surface area contributed by atoms with Gasteiger partial charge in [0.05, 0.1) is 13.2 Å². The van der Waals surface area contributed by atoms with Gasteiger partial charge in [0, 0.05) is 32.3 Å². The molecule has 2 atom stereocenters. The number of carbonyl (C=O) groups excluding carboxylic acids is 1. The number of nitrogens with zero attached hydrogens (tertiary/aromatic N) is 1. The number of carbonyl (C=O) groups is 1. The Balaban J connectivity index is 2.64. The Morgan fingerprint density at radius 1 is 1.29 bits per heavy atom. The highest BCUT2D eigenvalue weighted by atomic mass is 16.5. The SMILES string of the molecule is COC(=O)C(C)(CC(C)N1CCC(OC)CC1)NC(C)C. The van der Waals surface area contributed by atoms with Gasteiger partial charge in [0.15, 0.2) is 0 Å². The van der Waals surface area contributed by atoms with Gasteiger partial charge < -0.3 is 14.4 Å². The number of ether oxygens (including phenoxy) is 2. The van der Waals surface area contributed by atoms with Crippen molar-refractivity contribution in [3.8, 4) is 0 Å². The molecular weight excluding hydrogens is 268 g/mol. The first-order valence-corrected chi connectivity index (χ1v) is 7.95. The topological polar surface area (TPSA) is 50.8 Å². The maximum atomic E-state index is 12.2. The summed E-state index contributed by atoms with van der Waals surface area (Å²) in [5.74, 6) is -0.185. The Morgan fingerprint density at radius 3 is 2.29 bits per heavy atom. The van der Waals surface area contributed by atoms with Crippen LogP contribution < -0.4 is 5.32 Å². The lowest BCUT2D eigenvalue weighted by Gasteiger charge is -2.40. The second-order valence-corrected chi connectivity index (χ2v) is 6.65. The molecule has 0 bridgehead atoms. The van der Waals surface area contributed by atoms with Crippen LogP contribution in [0.2, 0.25) is 0 Å². The summed E-state index contributed by atoms with van der Waals surface area (Å²) >= 11 is 0. The first-order chi connectivity index (χ1) is 9.82. The molecule has 1 saturated heterocycles. The number of methoxy groups -OCH3 is 2. The minimum Gasteiger partial charge on any atom is -0.468 e. The van der Waals surface area contributed by atoms with E-state index in [1.54, 1.807) is 7.11 Å². The monoisotopic (exact) mass is 300 g/mol. The summed E-state index contributed by atoms with van der Waals surface area (Å²) in [7, 11) is 3.24. The van der Waals surface area contributed by atoms with E-state index in [0.717, 1.165) is 32.4 Å².